The fourth-order valence-electron chi connectivity index (χ4n) is 3.49. The quantitative estimate of drug-likeness (QED) is 0.485. The molecule has 0 saturated carbocycles. The third-order valence-electron chi connectivity index (χ3n) is 5.11. The molecule has 1 saturated heterocycles. The maximum atomic E-state index is 13.5. The van der Waals surface area contributed by atoms with Crippen molar-refractivity contribution in [2.45, 2.75) is 24.9 Å². The Balaban J connectivity index is 1.37. The van der Waals surface area contributed by atoms with Crippen molar-refractivity contribution in [2.75, 3.05) is 13.1 Å². The zero-order chi connectivity index (χ0) is 24.5. The second-order valence-corrected chi connectivity index (χ2v) is 8.33. The SMILES string of the molecule is N#C[C@@H]1CC(F)(F)CN1C(=O)CNC(=O)c1cn(Cc2ccc(-c3noc(=O)[nH]3)cc2)nc1Br. The van der Waals surface area contributed by atoms with E-state index in [9.17, 15) is 23.2 Å². The first-order valence-corrected chi connectivity index (χ1v) is 10.7. The van der Waals surface area contributed by atoms with Crippen molar-refractivity contribution in [3.63, 3.8) is 0 Å². The van der Waals surface area contributed by atoms with E-state index in [-0.39, 0.29) is 10.2 Å². The van der Waals surface area contributed by atoms with Crippen LogP contribution < -0.4 is 11.1 Å². The number of hydrogen-bond donors (Lipinski definition) is 2. The minimum atomic E-state index is -3.13. The maximum absolute atomic E-state index is 13.5. The van der Waals surface area contributed by atoms with Crippen LogP contribution in [0.4, 0.5) is 8.78 Å². The first kappa shape index (κ1) is 23.3. The van der Waals surface area contributed by atoms with Crippen molar-refractivity contribution in [1.82, 2.24) is 30.1 Å². The molecule has 4 rings (SSSR count). The molecule has 1 fully saturated rings. The Labute approximate surface area is 198 Å². The largest absolute Gasteiger partial charge is 0.439 e. The van der Waals surface area contributed by atoms with Gasteiger partial charge in [-0.05, 0) is 21.5 Å². The molecule has 176 valence electrons. The highest BCUT2D eigenvalue weighted by Gasteiger charge is 2.47. The number of carbonyl (C=O) groups is 2. The van der Waals surface area contributed by atoms with Gasteiger partial charge in [-0.25, -0.2) is 13.6 Å². The lowest BCUT2D eigenvalue weighted by molar-refractivity contribution is -0.131. The van der Waals surface area contributed by atoms with Crippen LogP contribution >= 0.6 is 15.9 Å². The number of amides is 2. The molecule has 0 unspecified atom stereocenters. The lowest BCUT2D eigenvalue weighted by Gasteiger charge is -2.19. The van der Waals surface area contributed by atoms with Gasteiger partial charge in [-0.1, -0.05) is 29.4 Å². The highest BCUT2D eigenvalue weighted by Crippen LogP contribution is 2.31. The van der Waals surface area contributed by atoms with Crippen molar-refractivity contribution in [3.05, 3.63) is 56.7 Å². The summed E-state index contributed by atoms with van der Waals surface area (Å²) in [6.07, 6.45) is 0.744. The summed E-state index contributed by atoms with van der Waals surface area (Å²) >= 11 is 3.20. The molecule has 1 aliphatic heterocycles. The number of nitriles is 1. The molecular formula is C20H16BrF2N7O4. The third kappa shape index (κ3) is 5.04. The van der Waals surface area contributed by atoms with E-state index in [2.05, 4.69) is 41.0 Å². The average molecular weight is 536 g/mol. The lowest BCUT2D eigenvalue weighted by Crippen LogP contribution is -2.42. The van der Waals surface area contributed by atoms with Crippen LogP contribution in [0.3, 0.4) is 0 Å². The fraction of sp³-hybridized carbons (Fsp3) is 0.300. The molecule has 34 heavy (non-hydrogen) atoms. The zero-order valence-electron chi connectivity index (χ0n) is 17.3. The molecule has 11 nitrogen and oxygen atoms in total. The van der Waals surface area contributed by atoms with Gasteiger partial charge in [0.15, 0.2) is 5.82 Å². The van der Waals surface area contributed by atoms with Crippen LogP contribution in [0, 0.1) is 11.3 Å². The lowest BCUT2D eigenvalue weighted by atomic mass is 10.1. The summed E-state index contributed by atoms with van der Waals surface area (Å²) in [7, 11) is 0. The third-order valence-corrected chi connectivity index (χ3v) is 5.70. The normalized spacial score (nSPS) is 16.9. The van der Waals surface area contributed by atoms with Gasteiger partial charge in [-0.15, -0.1) is 0 Å². The van der Waals surface area contributed by atoms with E-state index in [0.29, 0.717) is 17.9 Å². The van der Waals surface area contributed by atoms with Crippen LogP contribution in [0.15, 0.2) is 44.4 Å². The predicted molar refractivity (Wildman–Crippen MR) is 115 cm³/mol. The van der Waals surface area contributed by atoms with Gasteiger partial charge in [0.2, 0.25) is 5.91 Å². The molecule has 0 radical (unpaired) electrons. The van der Waals surface area contributed by atoms with E-state index in [4.69, 9.17) is 5.26 Å². The number of rotatable bonds is 6. The average Bonchev–Trinajstić information content (AvgIpc) is 3.48. The summed E-state index contributed by atoms with van der Waals surface area (Å²) in [4.78, 5) is 39.1. The van der Waals surface area contributed by atoms with Crippen LogP contribution in [0.2, 0.25) is 0 Å². The topological polar surface area (TPSA) is 150 Å². The molecular weight excluding hydrogens is 520 g/mol. The van der Waals surface area contributed by atoms with Crippen molar-refractivity contribution in [2.24, 2.45) is 0 Å². The number of carbonyl (C=O) groups excluding carboxylic acids is 2. The number of benzene rings is 1. The van der Waals surface area contributed by atoms with Gasteiger partial charge in [0, 0.05) is 18.2 Å². The molecule has 14 heteroatoms. The van der Waals surface area contributed by atoms with E-state index >= 15 is 0 Å². The number of aromatic amines is 1. The van der Waals surface area contributed by atoms with Gasteiger partial charge in [0.1, 0.15) is 10.6 Å². The van der Waals surface area contributed by atoms with Gasteiger partial charge in [-0.2, -0.15) is 10.4 Å². The molecule has 0 spiro atoms. The molecule has 2 amide bonds. The minimum Gasteiger partial charge on any atom is -0.343 e. The van der Waals surface area contributed by atoms with Gasteiger partial charge in [0.05, 0.1) is 31.3 Å². The van der Waals surface area contributed by atoms with Gasteiger partial charge >= 0.3 is 5.76 Å². The first-order chi connectivity index (χ1) is 16.1. The number of nitrogens with one attached hydrogen (secondary N) is 2. The zero-order valence-corrected chi connectivity index (χ0v) is 18.9. The second kappa shape index (κ2) is 9.18. The molecule has 1 atom stereocenters. The molecule has 1 aliphatic rings. The molecule has 1 aromatic carbocycles. The minimum absolute atomic E-state index is 0.146. The summed E-state index contributed by atoms with van der Waals surface area (Å²) in [5.74, 6) is -4.89. The number of H-pyrrole nitrogens is 1. The standard InChI is InChI=1S/C20H16BrF2N7O4/c21-16-14(18(32)25-7-15(31)30-10-20(22,23)5-13(30)6-24)9-29(27-16)8-11-1-3-12(4-2-11)17-26-19(33)34-28-17/h1-4,9,13H,5,7-8,10H2,(H,25,32)(H,26,28,33)/t13-/m0/s1. The monoisotopic (exact) mass is 535 g/mol. The number of hydrogen-bond acceptors (Lipinski definition) is 7. The van der Waals surface area contributed by atoms with Crippen LogP contribution in [0.25, 0.3) is 11.4 Å². The Kier molecular flexibility index (Phi) is 6.29. The number of aromatic nitrogens is 4. The molecule has 2 N–H and O–H groups in total. The van der Waals surface area contributed by atoms with Crippen molar-refractivity contribution in [3.8, 4) is 17.5 Å². The number of alkyl halides is 2. The molecule has 3 aromatic rings. The Morgan fingerprint density at radius 1 is 1.35 bits per heavy atom. The summed E-state index contributed by atoms with van der Waals surface area (Å²) in [6.45, 7) is -1.07. The van der Waals surface area contributed by atoms with Crippen LogP contribution in [0.5, 0.6) is 0 Å². The van der Waals surface area contributed by atoms with E-state index in [1.165, 1.54) is 10.9 Å². The summed E-state index contributed by atoms with van der Waals surface area (Å²) in [5, 5.41) is 19.2. The van der Waals surface area contributed by atoms with Crippen LogP contribution in [-0.4, -0.2) is 61.7 Å². The van der Waals surface area contributed by atoms with Gasteiger partial charge < -0.3 is 10.2 Å². The molecule has 0 aliphatic carbocycles. The van der Waals surface area contributed by atoms with Crippen molar-refractivity contribution >= 4 is 27.7 Å². The van der Waals surface area contributed by atoms with Crippen LogP contribution in [-0.2, 0) is 11.3 Å². The fourth-order valence-corrected chi connectivity index (χ4v) is 3.97. The highest BCUT2D eigenvalue weighted by atomic mass is 79.9. The molecule has 3 heterocycles. The maximum Gasteiger partial charge on any atom is 0.439 e. The van der Waals surface area contributed by atoms with E-state index < -0.39 is 49.0 Å². The summed E-state index contributed by atoms with van der Waals surface area (Å²) in [5.41, 5.74) is 1.63. The molecule has 0 bridgehead atoms. The Morgan fingerprint density at radius 3 is 2.74 bits per heavy atom. The van der Waals surface area contributed by atoms with E-state index in [0.717, 1.165) is 10.5 Å². The second-order valence-electron chi connectivity index (χ2n) is 7.58. The Hall–Kier alpha value is -3.86. The summed E-state index contributed by atoms with van der Waals surface area (Å²) in [6, 6.07) is 7.49. The number of nitrogens with zero attached hydrogens (tertiary/aromatic N) is 5. The van der Waals surface area contributed by atoms with Crippen molar-refractivity contribution in [1.29, 1.82) is 5.26 Å². The van der Waals surface area contributed by atoms with E-state index in [1.54, 1.807) is 30.3 Å². The Morgan fingerprint density at radius 2 is 2.09 bits per heavy atom. The number of likely N-dealkylation sites (tertiary alicyclic amines) is 1. The van der Waals surface area contributed by atoms with Crippen molar-refractivity contribution < 1.29 is 22.9 Å². The summed E-state index contributed by atoms with van der Waals surface area (Å²) < 4.78 is 33.3. The highest BCUT2D eigenvalue weighted by molar-refractivity contribution is 9.10. The smallest absolute Gasteiger partial charge is 0.343 e. The molecule has 2 aromatic heterocycles. The van der Waals surface area contributed by atoms with E-state index in [1.807, 2.05) is 0 Å². The predicted octanol–water partition coefficient (Wildman–Crippen LogP) is 1.53. The number of halogens is 3. The van der Waals surface area contributed by atoms with Gasteiger partial charge in [-0.3, -0.25) is 23.8 Å². The van der Waals surface area contributed by atoms with Crippen LogP contribution in [0.1, 0.15) is 22.3 Å². The van der Waals surface area contributed by atoms with Gasteiger partial charge in [0.25, 0.3) is 11.8 Å². The Bertz CT molecular complexity index is 1330. The first-order valence-electron chi connectivity index (χ1n) is 9.88.